The van der Waals surface area contributed by atoms with Crippen molar-refractivity contribution in [2.24, 2.45) is 0 Å². The molecule has 1 amide bonds. The van der Waals surface area contributed by atoms with E-state index in [9.17, 15) is 18.8 Å². The van der Waals surface area contributed by atoms with Crippen molar-refractivity contribution in [1.82, 2.24) is 14.6 Å². The molecule has 3 aromatic heterocycles. The highest BCUT2D eigenvalue weighted by molar-refractivity contribution is 7.16. The summed E-state index contributed by atoms with van der Waals surface area (Å²) in [4.78, 5) is 19.0. The SMILES string of the molecule is N#Cc1c(NC(=O)c2cnn3c(C(F)F)cc(C4CC4)nc23)sc2c1CCCCCCCCCC2. The second-order valence-electron chi connectivity index (χ2n) is 9.58. The van der Waals surface area contributed by atoms with E-state index < -0.39 is 12.3 Å². The molecular weight excluding hydrogens is 468 g/mol. The van der Waals surface area contributed by atoms with Crippen LogP contribution >= 0.6 is 11.3 Å². The molecule has 184 valence electrons. The van der Waals surface area contributed by atoms with Crippen molar-refractivity contribution in [3.63, 3.8) is 0 Å². The molecule has 3 heterocycles. The lowest BCUT2D eigenvalue weighted by Crippen LogP contribution is -2.13. The van der Waals surface area contributed by atoms with Gasteiger partial charge in [0.25, 0.3) is 12.3 Å². The second kappa shape index (κ2) is 10.4. The Morgan fingerprint density at radius 3 is 2.46 bits per heavy atom. The van der Waals surface area contributed by atoms with Gasteiger partial charge in [0, 0.05) is 16.5 Å². The van der Waals surface area contributed by atoms with Gasteiger partial charge in [0.05, 0.1) is 11.8 Å². The quantitative estimate of drug-likeness (QED) is 0.423. The largest absolute Gasteiger partial charge is 0.312 e. The number of thiophene rings is 1. The van der Waals surface area contributed by atoms with Crippen LogP contribution in [0.4, 0.5) is 13.8 Å². The van der Waals surface area contributed by atoms with Crippen LogP contribution in [-0.2, 0) is 12.8 Å². The fourth-order valence-corrected chi connectivity index (χ4v) is 6.15. The Morgan fingerprint density at radius 1 is 1.11 bits per heavy atom. The lowest BCUT2D eigenvalue weighted by molar-refractivity contribution is 0.102. The maximum absolute atomic E-state index is 13.7. The first-order valence-corrected chi connectivity index (χ1v) is 13.4. The molecule has 9 heteroatoms. The summed E-state index contributed by atoms with van der Waals surface area (Å²) < 4.78 is 28.5. The first kappa shape index (κ1) is 23.9. The van der Waals surface area contributed by atoms with E-state index in [0.717, 1.165) is 55.0 Å². The van der Waals surface area contributed by atoms with Crippen molar-refractivity contribution < 1.29 is 13.6 Å². The Balaban J connectivity index is 1.46. The van der Waals surface area contributed by atoms with Crippen LogP contribution in [0, 0.1) is 11.3 Å². The molecule has 0 unspecified atom stereocenters. The van der Waals surface area contributed by atoms with E-state index in [-0.39, 0.29) is 22.8 Å². The van der Waals surface area contributed by atoms with Crippen molar-refractivity contribution in [3.8, 4) is 6.07 Å². The third kappa shape index (κ3) is 5.08. The molecule has 0 bridgehead atoms. The first-order valence-electron chi connectivity index (χ1n) is 12.6. The van der Waals surface area contributed by atoms with Gasteiger partial charge in [-0.25, -0.2) is 18.3 Å². The Morgan fingerprint density at radius 2 is 1.80 bits per heavy atom. The highest BCUT2D eigenvalue weighted by atomic mass is 32.1. The molecular formula is C26H29F2N5OS. The number of alkyl halides is 2. The van der Waals surface area contributed by atoms with Gasteiger partial charge in [-0.1, -0.05) is 38.5 Å². The van der Waals surface area contributed by atoms with Crippen molar-refractivity contribution in [2.75, 3.05) is 5.32 Å². The summed E-state index contributed by atoms with van der Waals surface area (Å²) in [6.45, 7) is 0. The van der Waals surface area contributed by atoms with Crippen molar-refractivity contribution >= 4 is 27.9 Å². The second-order valence-corrected chi connectivity index (χ2v) is 10.7. The zero-order chi connectivity index (χ0) is 24.4. The Hall–Kier alpha value is -2.86. The van der Waals surface area contributed by atoms with Gasteiger partial charge in [0.2, 0.25) is 0 Å². The molecule has 0 spiro atoms. The molecule has 0 aliphatic heterocycles. The molecule has 0 radical (unpaired) electrons. The maximum atomic E-state index is 13.7. The number of nitriles is 1. The standard InChI is InChI=1S/C26H29F2N5OS/c27-23(28)21-13-20(16-11-12-16)31-24-19(15-30-33(21)24)25(34)32-26-18(14-29)17-9-7-5-3-1-2-4-6-8-10-22(17)35-26/h13,15-16,23H,1-12H2,(H,32,34). The smallest absolute Gasteiger partial charge is 0.280 e. The number of nitrogens with one attached hydrogen (secondary N) is 1. The van der Waals surface area contributed by atoms with Gasteiger partial charge in [-0.3, -0.25) is 4.79 Å². The summed E-state index contributed by atoms with van der Waals surface area (Å²) in [5, 5.41) is 17.4. The van der Waals surface area contributed by atoms with E-state index in [4.69, 9.17) is 0 Å². The Labute approximate surface area is 207 Å². The summed E-state index contributed by atoms with van der Waals surface area (Å²) in [6.07, 6.45) is 11.6. The van der Waals surface area contributed by atoms with E-state index in [0.29, 0.717) is 16.3 Å². The summed E-state index contributed by atoms with van der Waals surface area (Å²) in [6, 6.07) is 3.72. The minimum Gasteiger partial charge on any atom is -0.312 e. The highest BCUT2D eigenvalue weighted by Crippen LogP contribution is 2.40. The normalized spacial score (nSPS) is 17.4. The van der Waals surface area contributed by atoms with Crippen molar-refractivity contribution in [3.05, 3.63) is 45.2 Å². The number of hydrogen-bond acceptors (Lipinski definition) is 5. The summed E-state index contributed by atoms with van der Waals surface area (Å²) in [5.41, 5.74) is 2.19. The zero-order valence-corrected chi connectivity index (χ0v) is 20.5. The van der Waals surface area contributed by atoms with Gasteiger partial charge in [-0.15, -0.1) is 11.3 Å². The molecule has 1 fully saturated rings. The van der Waals surface area contributed by atoms with E-state index in [1.807, 2.05) is 0 Å². The summed E-state index contributed by atoms with van der Waals surface area (Å²) in [5.74, 6) is -0.318. The number of amides is 1. The predicted molar refractivity (Wildman–Crippen MR) is 131 cm³/mol. The third-order valence-electron chi connectivity index (χ3n) is 6.99. The molecule has 0 saturated heterocycles. The minimum absolute atomic E-state index is 0.135. The van der Waals surface area contributed by atoms with Gasteiger partial charge in [0.15, 0.2) is 5.65 Å². The zero-order valence-electron chi connectivity index (χ0n) is 19.7. The molecule has 35 heavy (non-hydrogen) atoms. The predicted octanol–water partition coefficient (Wildman–Crippen LogP) is 6.95. The first-order chi connectivity index (χ1) is 17.1. The van der Waals surface area contributed by atoms with Crippen LogP contribution in [-0.4, -0.2) is 20.5 Å². The van der Waals surface area contributed by atoms with Crippen LogP contribution in [0.2, 0.25) is 0 Å². The summed E-state index contributed by atoms with van der Waals surface area (Å²) >= 11 is 1.47. The number of halogens is 2. The van der Waals surface area contributed by atoms with Crippen LogP contribution in [0.25, 0.3) is 5.65 Å². The fourth-order valence-electron chi connectivity index (χ4n) is 4.91. The van der Waals surface area contributed by atoms with Gasteiger partial charge in [-0.05, 0) is 50.2 Å². The Kier molecular flexibility index (Phi) is 7.09. The number of nitrogens with zero attached hydrogens (tertiary/aromatic N) is 4. The van der Waals surface area contributed by atoms with E-state index >= 15 is 0 Å². The number of aryl methyl sites for hydroxylation is 1. The molecule has 1 saturated carbocycles. The molecule has 2 aliphatic carbocycles. The number of carbonyl (C=O) groups is 1. The molecule has 0 aromatic carbocycles. The van der Waals surface area contributed by atoms with Crippen molar-refractivity contribution in [2.45, 2.75) is 89.4 Å². The van der Waals surface area contributed by atoms with Gasteiger partial charge in [-0.2, -0.15) is 10.4 Å². The average Bonchev–Trinajstić information content (AvgIpc) is 3.52. The fraction of sp³-hybridized carbons (Fsp3) is 0.538. The number of rotatable bonds is 4. The number of aromatic nitrogens is 3. The third-order valence-corrected chi connectivity index (χ3v) is 8.20. The molecule has 2 aliphatic rings. The highest BCUT2D eigenvalue weighted by Gasteiger charge is 2.29. The summed E-state index contributed by atoms with van der Waals surface area (Å²) in [7, 11) is 0. The van der Waals surface area contributed by atoms with Crippen LogP contribution in [0.5, 0.6) is 0 Å². The van der Waals surface area contributed by atoms with Crippen LogP contribution in [0.15, 0.2) is 12.3 Å². The molecule has 6 nitrogen and oxygen atoms in total. The molecule has 5 rings (SSSR count). The number of fused-ring (bicyclic) bond motifs is 2. The average molecular weight is 498 g/mol. The van der Waals surface area contributed by atoms with E-state index in [2.05, 4.69) is 21.5 Å². The number of carbonyl (C=O) groups excluding carboxylic acids is 1. The van der Waals surface area contributed by atoms with E-state index in [1.54, 1.807) is 0 Å². The van der Waals surface area contributed by atoms with E-state index in [1.165, 1.54) is 60.6 Å². The monoisotopic (exact) mass is 497 g/mol. The van der Waals surface area contributed by atoms with Crippen LogP contribution < -0.4 is 5.32 Å². The number of anilines is 1. The topological polar surface area (TPSA) is 83.1 Å². The lowest BCUT2D eigenvalue weighted by Gasteiger charge is -2.08. The minimum atomic E-state index is -2.72. The van der Waals surface area contributed by atoms with Crippen LogP contribution in [0.1, 0.15) is 114 Å². The molecule has 0 atom stereocenters. The van der Waals surface area contributed by atoms with Gasteiger partial charge in [0.1, 0.15) is 22.3 Å². The lowest BCUT2D eigenvalue weighted by atomic mass is 9.98. The van der Waals surface area contributed by atoms with Crippen LogP contribution in [0.3, 0.4) is 0 Å². The maximum Gasteiger partial charge on any atom is 0.280 e. The Bertz CT molecular complexity index is 1270. The number of hydrogen-bond donors (Lipinski definition) is 1. The molecule has 1 N–H and O–H groups in total. The van der Waals surface area contributed by atoms with Gasteiger partial charge >= 0.3 is 0 Å². The molecule has 3 aromatic rings. The van der Waals surface area contributed by atoms with Gasteiger partial charge < -0.3 is 5.32 Å². The van der Waals surface area contributed by atoms with Crippen molar-refractivity contribution in [1.29, 1.82) is 5.26 Å².